The zero-order valence-corrected chi connectivity index (χ0v) is 13.9. The van der Waals surface area contributed by atoms with Gasteiger partial charge in [0.25, 0.3) is 5.91 Å². The Hall–Kier alpha value is -0.980. The van der Waals surface area contributed by atoms with Crippen LogP contribution in [-0.4, -0.2) is 71.1 Å². The molecule has 0 fully saturated rings. The second-order valence-corrected chi connectivity index (χ2v) is 4.92. The number of amidine groups is 1. The molecule has 104 valence electrons. The second kappa shape index (κ2) is 6.20. The number of hydrogen-bond acceptors (Lipinski definition) is 4. The molecule has 2 N–H and O–H groups in total. The van der Waals surface area contributed by atoms with Crippen molar-refractivity contribution in [2.45, 2.75) is 26.3 Å². The Morgan fingerprint density at radius 1 is 1.50 bits per heavy atom. The molecule has 0 saturated carbocycles. The van der Waals surface area contributed by atoms with Gasteiger partial charge in [-0.2, -0.15) is 0 Å². The van der Waals surface area contributed by atoms with Crippen molar-refractivity contribution < 1.29 is 17.5 Å². The molecule has 0 radical (unpaired) electrons. The molecule has 0 spiro atoms. The Morgan fingerprint density at radius 2 is 2.15 bits per heavy atom. The van der Waals surface area contributed by atoms with Gasteiger partial charge in [0, 0.05) is 6.20 Å². The molecule has 1 aromatic heterocycles. The number of amides is 1. The van der Waals surface area contributed by atoms with E-state index in [4.69, 9.17) is 5.11 Å². The standard InChI is InChI=1S/C13H15N3O3.Ca.2H/c1-7(2)13(3)12(19)15-10(16-13)9-8(11(17)18)5-4-6-14-9;;;/h4-7H,1-3H3,(H,17,18)(H,15,16,19);;;/q;+2;2*-1. The molecule has 0 saturated heterocycles. The molecular weight excluding hydrogens is 286 g/mol. The average molecular weight is 303 g/mol. The maximum absolute atomic E-state index is 12.0. The van der Waals surface area contributed by atoms with Gasteiger partial charge in [0.2, 0.25) is 0 Å². The number of aromatic nitrogens is 1. The van der Waals surface area contributed by atoms with Gasteiger partial charge in [0.05, 0.1) is 5.56 Å². The molecule has 20 heavy (non-hydrogen) atoms. The number of carboxylic acids is 1. The van der Waals surface area contributed by atoms with Crippen LogP contribution in [0.1, 0.15) is 39.7 Å². The third-order valence-corrected chi connectivity index (χ3v) is 3.42. The van der Waals surface area contributed by atoms with Crippen LogP contribution in [0.25, 0.3) is 0 Å². The van der Waals surface area contributed by atoms with E-state index < -0.39 is 11.5 Å². The molecule has 1 aliphatic heterocycles. The largest absolute Gasteiger partial charge is 2.00 e. The third-order valence-electron chi connectivity index (χ3n) is 3.42. The Balaban J connectivity index is 0. The minimum absolute atomic E-state index is 0. The van der Waals surface area contributed by atoms with Crippen molar-refractivity contribution >= 4 is 55.5 Å². The normalized spacial score (nSPS) is 21.2. The predicted octanol–water partition coefficient (Wildman–Crippen LogP) is 0.915. The summed E-state index contributed by atoms with van der Waals surface area (Å²) < 4.78 is 0. The van der Waals surface area contributed by atoms with Crippen molar-refractivity contribution in [1.29, 1.82) is 0 Å². The SMILES string of the molecule is CC(C)C1(C)N=C(c2ncccc2C(=O)O)NC1=O.[Ca+2].[H-].[H-]. The minimum atomic E-state index is -1.10. The van der Waals surface area contributed by atoms with Crippen molar-refractivity contribution in [3.63, 3.8) is 0 Å². The molecule has 2 rings (SSSR count). The van der Waals surface area contributed by atoms with Crippen LogP contribution in [0.5, 0.6) is 0 Å². The number of carbonyl (C=O) groups is 2. The Morgan fingerprint density at radius 3 is 2.65 bits per heavy atom. The fourth-order valence-electron chi connectivity index (χ4n) is 1.82. The zero-order chi connectivity index (χ0) is 14.2. The molecule has 0 aliphatic carbocycles. The molecule has 1 aliphatic rings. The first-order valence-corrected chi connectivity index (χ1v) is 5.96. The molecular formula is C13H17CaN3O3. The van der Waals surface area contributed by atoms with Crippen molar-refractivity contribution in [2.24, 2.45) is 10.9 Å². The van der Waals surface area contributed by atoms with Crippen LogP contribution in [0.15, 0.2) is 23.3 Å². The van der Waals surface area contributed by atoms with E-state index in [0.717, 1.165) is 0 Å². The summed E-state index contributed by atoms with van der Waals surface area (Å²) in [5.41, 5.74) is -0.676. The van der Waals surface area contributed by atoms with Crippen LogP contribution in [0.4, 0.5) is 0 Å². The summed E-state index contributed by atoms with van der Waals surface area (Å²) in [6, 6.07) is 2.97. The van der Waals surface area contributed by atoms with Gasteiger partial charge in [0.1, 0.15) is 11.2 Å². The van der Waals surface area contributed by atoms with Crippen LogP contribution in [-0.2, 0) is 4.79 Å². The average Bonchev–Trinajstić information content (AvgIpc) is 2.67. The number of pyridine rings is 1. The number of hydrogen-bond donors (Lipinski definition) is 2. The van der Waals surface area contributed by atoms with Crippen molar-refractivity contribution in [2.75, 3.05) is 0 Å². The van der Waals surface area contributed by atoms with Gasteiger partial charge in [-0.15, -0.1) is 0 Å². The number of rotatable bonds is 3. The molecule has 6 nitrogen and oxygen atoms in total. The van der Waals surface area contributed by atoms with Crippen LogP contribution < -0.4 is 5.32 Å². The Kier molecular flexibility index (Phi) is 5.29. The summed E-state index contributed by atoms with van der Waals surface area (Å²) in [5.74, 6) is -1.11. The molecule has 7 heteroatoms. The number of carbonyl (C=O) groups excluding carboxylic acids is 1. The van der Waals surface area contributed by atoms with E-state index in [0.29, 0.717) is 0 Å². The third kappa shape index (κ3) is 2.87. The molecule has 1 unspecified atom stereocenters. The number of aliphatic imine (C=N–C) groups is 1. The number of aromatic carboxylic acids is 1. The van der Waals surface area contributed by atoms with Crippen molar-refractivity contribution in [3.05, 3.63) is 29.6 Å². The first-order valence-electron chi connectivity index (χ1n) is 5.96. The van der Waals surface area contributed by atoms with E-state index in [2.05, 4.69) is 15.3 Å². The minimum Gasteiger partial charge on any atom is -1.00 e. The van der Waals surface area contributed by atoms with E-state index >= 15 is 0 Å². The topological polar surface area (TPSA) is 91.7 Å². The van der Waals surface area contributed by atoms with E-state index in [1.54, 1.807) is 6.92 Å². The molecule has 1 atom stereocenters. The molecule has 1 aromatic rings. The van der Waals surface area contributed by atoms with Gasteiger partial charge in [0.15, 0.2) is 5.84 Å². The van der Waals surface area contributed by atoms with Crippen molar-refractivity contribution in [3.8, 4) is 0 Å². The first kappa shape index (κ1) is 17.1. The molecule has 2 heterocycles. The fraction of sp³-hybridized carbons (Fsp3) is 0.385. The van der Waals surface area contributed by atoms with Gasteiger partial charge in [-0.1, -0.05) is 13.8 Å². The maximum Gasteiger partial charge on any atom is 2.00 e. The van der Waals surface area contributed by atoms with Crippen LogP contribution in [0.2, 0.25) is 0 Å². The fourth-order valence-corrected chi connectivity index (χ4v) is 1.82. The van der Waals surface area contributed by atoms with Crippen LogP contribution in [0.3, 0.4) is 0 Å². The number of nitrogens with one attached hydrogen (secondary N) is 1. The molecule has 0 aromatic carbocycles. The van der Waals surface area contributed by atoms with Gasteiger partial charge < -0.3 is 13.3 Å². The van der Waals surface area contributed by atoms with E-state index in [1.165, 1.54) is 18.3 Å². The second-order valence-electron chi connectivity index (χ2n) is 4.92. The summed E-state index contributed by atoms with van der Waals surface area (Å²) >= 11 is 0. The van der Waals surface area contributed by atoms with Gasteiger partial charge in [-0.25, -0.2) is 9.79 Å². The molecule has 1 amide bonds. The van der Waals surface area contributed by atoms with E-state index in [1.807, 2.05) is 13.8 Å². The number of nitrogens with zero attached hydrogens (tertiary/aromatic N) is 2. The quantitative estimate of drug-likeness (QED) is 0.812. The van der Waals surface area contributed by atoms with E-state index in [9.17, 15) is 9.59 Å². The van der Waals surface area contributed by atoms with Gasteiger partial charge in [-0.05, 0) is 25.0 Å². The Labute approximate surface area is 149 Å². The first-order chi connectivity index (χ1) is 8.86. The van der Waals surface area contributed by atoms with Crippen LogP contribution >= 0.6 is 0 Å². The van der Waals surface area contributed by atoms with Crippen LogP contribution in [0, 0.1) is 5.92 Å². The smallest absolute Gasteiger partial charge is 1.00 e. The maximum atomic E-state index is 12.0. The van der Waals surface area contributed by atoms with Gasteiger partial charge in [-0.3, -0.25) is 9.78 Å². The van der Waals surface area contributed by atoms with Gasteiger partial charge >= 0.3 is 43.7 Å². The summed E-state index contributed by atoms with van der Waals surface area (Å²) in [5, 5.41) is 11.7. The number of carboxylic acid groups (broad SMARTS) is 1. The Bertz CT molecular complexity index is 596. The zero-order valence-electron chi connectivity index (χ0n) is 13.7. The summed E-state index contributed by atoms with van der Waals surface area (Å²) in [7, 11) is 0. The molecule has 0 bridgehead atoms. The monoisotopic (exact) mass is 303 g/mol. The van der Waals surface area contributed by atoms with Crippen molar-refractivity contribution in [1.82, 2.24) is 10.3 Å². The summed E-state index contributed by atoms with van der Waals surface area (Å²) in [6.45, 7) is 5.51. The van der Waals surface area contributed by atoms with E-state index in [-0.39, 0.29) is 69.5 Å². The summed E-state index contributed by atoms with van der Waals surface area (Å²) in [4.78, 5) is 31.5. The summed E-state index contributed by atoms with van der Waals surface area (Å²) in [6.07, 6.45) is 1.47. The predicted molar refractivity (Wildman–Crippen MR) is 77.1 cm³/mol.